The van der Waals surface area contributed by atoms with E-state index in [1.54, 1.807) is 18.3 Å². The fourth-order valence-electron chi connectivity index (χ4n) is 2.11. The summed E-state index contributed by atoms with van der Waals surface area (Å²) in [6.45, 7) is 0.537. The summed E-state index contributed by atoms with van der Waals surface area (Å²) < 4.78 is 1.96. The highest BCUT2D eigenvalue weighted by Crippen LogP contribution is 2.24. The predicted molar refractivity (Wildman–Crippen MR) is 82.6 cm³/mol. The third kappa shape index (κ3) is 2.49. The molecular formula is C14H10Cl3N3. The van der Waals surface area contributed by atoms with Crippen molar-refractivity contribution in [3.05, 3.63) is 58.0 Å². The fourth-order valence-corrected chi connectivity index (χ4v) is 2.68. The van der Waals surface area contributed by atoms with E-state index < -0.39 is 0 Å². The van der Waals surface area contributed by atoms with Gasteiger partial charge in [-0.25, -0.2) is 9.97 Å². The van der Waals surface area contributed by atoms with Gasteiger partial charge in [-0.15, -0.1) is 11.6 Å². The molecule has 0 aliphatic rings. The number of halogens is 3. The lowest BCUT2D eigenvalue weighted by atomic mass is 10.2. The van der Waals surface area contributed by atoms with Gasteiger partial charge in [-0.05, 0) is 35.9 Å². The molecule has 6 heteroatoms. The van der Waals surface area contributed by atoms with Crippen molar-refractivity contribution in [3.63, 3.8) is 0 Å². The van der Waals surface area contributed by atoms with Crippen LogP contribution in [0.3, 0.4) is 0 Å². The molecule has 0 spiro atoms. The summed E-state index contributed by atoms with van der Waals surface area (Å²) in [4.78, 5) is 8.84. The molecule has 0 aliphatic carbocycles. The molecule has 0 N–H and O–H groups in total. The van der Waals surface area contributed by atoms with Gasteiger partial charge in [0.2, 0.25) is 0 Å². The molecule has 1 aromatic carbocycles. The highest BCUT2D eigenvalue weighted by molar-refractivity contribution is 6.33. The maximum atomic E-state index is 6.21. The van der Waals surface area contributed by atoms with E-state index in [1.807, 2.05) is 22.8 Å². The summed E-state index contributed by atoms with van der Waals surface area (Å²) in [5.41, 5.74) is 2.52. The number of aromatic nitrogens is 3. The van der Waals surface area contributed by atoms with Crippen LogP contribution in [0.25, 0.3) is 11.2 Å². The third-order valence-electron chi connectivity index (χ3n) is 3.04. The molecule has 0 radical (unpaired) electrons. The highest BCUT2D eigenvalue weighted by atomic mass is 35.5. The van der Waals surface area contributed by atoms with Crippen LogP contribution in [-0.2, 0) is 12.4 Å². The Hall–Kier alpha value is -1.29. The zero-order valence-electron chi connectivity index (χ0n) is 10.4. The summed E-state index contributed by atoms with van der Waals surface area (Å²) in [5, 5.41) is 1.31. The van der Waals surface area contributed by atoms with Crippen molar-refractivity contribution in [3.8, 4) is 0 Å². The molecule has 3 aromatic rings. The van der Waals surface area contributed by atoms with Gasteiger partial charge in [0.15, 0.2) is 5.65 Å². The van der Waals surface area contributed by atoms with Gasteiger partial charge < -0.3 is 4.57 Å². The standard InChI is InChI=1S/C14H10Cl3N3/c15-7-13-19-12-2-1-5-18-14(12)20(13)8-9-6-10(16)3-4-11(9)17/h1-6H,7-8H2. The minimum absolute atomic E-state index is 0.314. The monoisotopic (exact) mass is 325 g/mol. The highest BCUT2D eigenvalue weighted by Gasteiger charge is 2.12. The number of fused-ring (bicyclic) bond motifs is 1. The minimum Gasteiger partial charge on any atom is -0.307 e. The molecule has 0 atom stereocenters. The molecule has 2 heterocycles. The molecule has 3 rings (SSSR count). The number of hydrogen-bond donors (Lipinski definition) is 0. The Morgan fingerprint density at radius 3 is 2.80 bits per heavy atom. The van der Waals surface area contributed by atoms with E-state index in [2.05, 4.69) is 9.97 Å². The third-order valence-corrected chi connectivity index (χ3v) is 3.88. The van der Waals surface area contributed by atoms with Gasteiger partial charge in [0.1, 0.15) is 11.3 Å². The van der Waals surface area contributed by atoms with E-state index in [0.717, 1.165) is 22.6 Å². The van der Waals surface area contributed by atoms with Gasteiger partial charge in [-0.2, -0.15) is 0 Å². The maximum absolute atomic E-state index is 6.21. The number of pyridine rings is 1. The van der Waals surface area contributed by atoms with Crippen molar-refractivity contribution < 1.29 is 0 Å². The number of hydrogen-bond acceptors (Lipinski definition) is 2. The molecule has 0 amide bonds. The zero-order chi connectivity index (χ0) is 14.1. The van der Waals surface area contributed by atoms with Crippen molar-refractivity contribution >= 4 is 46.0 Å². The van der Waals surface area contributed by atoms with E-state index in [4.69, 9.17) is 34.8 Å². The van der Waals surface area contributed by atoms with E-state index in [9.17, 15) is 0 Å². The summed E-state index contributed by atoms with van der Waals surface area (Å²) in [6.07, 6.45) is 1.73. The molecule has 102 valence electrons. The van der Waals surface area contributed by atoms with Crippen molar-refractivity contribution in [1.29, 1.82) is 0 Å². The largest absolute Gasteiger partial charge is 0.307 e. The molecule has 0 unspecified atom stereocenters. The normalized spacial score (nSPS) is 11.2. The number of alkyl halides is 1. The van der Waals surface area contributed by atoms with Crippen LogP contribution in [0.1, 0.15) is 11.4 Å². The summed E-state index contributed by atoms with van der Waals surface area (Å²) in [5.74, 6) is 1.07. The second kappa shape index (κ2) is 5.60. The zero-order valence-corrected chi connectivity index (χ0v) is 12.6. The van der Waals surface area contributed by atoms with Crippen LogP contribution in [0, 0.1) is 0 Å². The quantitative estimate of drug-likeness (QED) is 0.662. The average molecular weight is 327 g/mol. The number of imidazole rings is 1. The second-order valence-electron chi connectivity index (χ2n) is 4.33. The first-order chi connectivity index (χ1) is 9.69. The van der Waals surface area contributed by atoms with Crippen LogP contribution in [-0.4, -0.2) is 14.5 Å². The lowest BCUT2D eigenvalue weighted by Crippen LogP contribution is -2.05. The topological polar surface area (TPSA) is 30.7 Å². The molecule has 0 bridgehead atoms. The molecular weight excluding hydrogens is 317 g/mol. The Balaban J connectivity index is 2.12. The summed E-state index contributed by atoms with van der Waals surface area (Å²) in [6, 6.07) is 9.15. The Kier molecular flexibility index (Phi) is 3.83. The number of rotatable bonds is 3. The Morgan fingerprint density at radius 1 is 1.15 bits per heavy atom. The van der Waals surface area contributed by atoms with Gasteiger partial charge in [-0.3, -0.25) is 0 Å². The number of nitrogens with zero attached hydrogens (tertiary/aromatic N) is 3. The number of benzene rings is 1. The molecule has 3 nitrogen and oxygen atoms in total. The molecule has 0 saturated heterocycles. The van der Waals surface area contributed by atoms with E-state index in [0.29, 0.717) is 22.5 Å². The summed E-state index contributed by atoms with van der Waals surface area (Å²) >= 11 is 18.2. The van der Waals surface area contributed by atoms with E-state index in [-0.39, 0.29) is 0 Å². The smallest absolute Gasteiger partial charge is 0.160 e. The van der Waals surface area contributed by atoms with Crippen molar-refractivity contribution in [2.45, 2.75) is 12.4 Å². The molecule has 0 saturated carbocycles. The lowest BCUT2D eigenvalue weighted by Gasteiger charge is -2.09. The van der Waals surface area contributed by atoms with E-state index >= 15 is 0 Å². The van der Waals surface area contributed by atoms with Gasteiger partial charge in [0.25, 0.3) is 0 Å². The SMILES string of the molecule is ClCc1nc2cccnc2n1Cc1cc(Cl)ccc1Cl. The summed E-state index contributed by atoms with van der Waals surface area (Å²) in [7, 11) is 0. The Labute approximate surface area is 131 Å². The van der Waals surface area contributed by atoms with E-state index in [1.165, 1.54) is 0 Å². The average Bonchev–Trinajstić information content (AvgIpc) is 2.81. The predicted octanol–water partition coefficient (Wildman–Crippen LogP) is 4.53. The molecule has 0 fully saturated rings. The lowest BCUT2D eigenvalue weighted by molar-refractivity contribution is 0.770. The van der Waals surface area contributed by atoms with Crippen LogP contribution in [0.15, 0.2) is 36.5 Å². The first-order valence-electron chi connectivity index (χ1n) is 5.99. The van der Waals surface area contributed by atoms with Crippen LogP contribution in [0.5, 0.6) is 0 Å². The van der Waals surface area contributed by atoms with Gasteiger partial charge >= 0.3 is 0 Å². The minimum atomic E-state index is 0.314. The van der Waals surface area contributed by atoms with Gasteiger partial charge in [0, 0.05) is 16.2 Å². The Bertz CT molecular complexity index is 767. The Morgan fingerprint density at radius 2 is 2.00 bits per heavy atom. The first kappa shape index (κ1) is 13.7. The maximum Gasteiger partial charge on any atom is 0.160 e. The second-order valence-corrected chi connectivity index (χ2v) is 5.44. The van der Waals surface area contributed by atoms with Crippen LogP contribution in [0.4, 0.5) is 0 Å². The van der Waals surface area contributed by atoms with Crippen molar-refractivity contribution in [2.75, 3.05) is 0 Å². The fraction of sp³-hybridized carbons (Fsp3) is 0.143. The van der Waals surface area contributed by atoms with Crippen molar-refractivity contribution in [2.24, 2.45) is 0 Å². The first-order valence-corrected chi connectivity index (χ1v) is 7.28. The van der Waals surface area contributed by atoms with Crippen LogP contribution < -0.4 is 0 Å². The molecule has 20 heavy (non-hydrogen) atoms. The van der Waals surface area contributed by atoms with Crippen LogP contribution >= 0.6 is 34.8 Å². The van der Waals surface area contributed by atoms with Crippen molar-refractivity contribution in [1.82, 2.24) is 14.5 Å². The van der Waals surface area contributed by atoms with Gasteiger partial charge in [0.05, 0.1) is 12.4 Å². The molecule has 0 aliphatic heterocycles. The molecule has 2 aromatic heterocycles. The van der Waals surface area contributed by atoms with Crippen LogP contribution in [0.2, 0.25) is 10.0 Å². The van der Waals surface area contributed by atoms with Gasteiger partial charge in [-0.1, -0.05) is 23.2 Å².